The number of aliphatic imine (C=N–C) groups is 1. The Balaban J connectivity index is 0.807. The Hall–Kier alpha value is -7.05. The van der Waals surface area contributed by atoms with Crippen molar-refractivity contribution in [1.29, 1.82) is 0 Å². The lowest BCUT2D eigenvalue weighted by atomic mass is 9.76. The van der Waals surface area contributed by atoms with E-state index in [1.807, 2.05) is 117 Å². The number of nitrogens with zero attached hydrogens (tertiary/aromatic N) is 8. The number of aliphatic hydroxyl groups is 1. The van der Waals surface area contributed by atoms with Gasteiger partial charge in [-0.3, -0.25) is 28.7 Å². The topological polar surface area (TPSA) is 196 Å². The van der Waals surface area contributed by atoms with E-state index in [1.54, 1.807) is 34.8 Å². The van der Waals surface area contributed by atoms with E-state index >= 15 is 0 Å². The fraction of sp³-hybridized carbons (Fsp3) is 0.333. The Bertz CT molecular complexity index is 3440. The number of azo groups is 1. The minimum absolute atomic E-state index is 0.00195. The van der Waals surface area contributed by atoms with Gasteiger partial charge in [-0.1, -0.05) is 68.8 Å². The molecule has 0 unspecified atom stereocenters. The molecule has 0 saturated carbocycles. The Labute approximate surface area is 448 Å². The lowest BCUT2D eigenvalue weighted by Gasteiger charge is -2.34. The number of rotatable bonds is 12. The van der Waals surface area contributed by atoms with Crippen LogP contribution in [0.2, 0.25) is 5.02 Å². The van der Waals surface area contributed by atoms with E-state index < -0.39 is 29.5 Å². The molecule has 6 heterocycles. The van der Waals surface area contributed by atoms with Crippen LogP contribution in [0, 0.1) is 39.0 Å². The van der Waals surface area contributed by atoms with Crippen molar-refractivity contribution < 1.29 is 24.3 Å². The van der Waals surface area contributed by atoms with Gasteiger partial charge in [0.05, 0.1) is 51.6 Å². The zero-order valence-electron chi connectivity index (χ0n) is 42.8. The van der Waals surface area contributed by atoms with Gasteiger partial charge in [0.2, 0.25) is 17.7 Å². The third-order valence-corrected chi connectivity index (χ3v) is 16.9. The van der Waals surface area contributed by atoms with E-state index in [1.165, 1.54) is 4.90 Å². The number of benzene rings is 4. The summed E-state index contributed by atoms with van der Waals surface area (Å²) in [6.45, 7) is 14.0. The number of anilines is 1. The molecule has 7 aromatic rings. The maximum atomic E-state index is 14.5. The summed E-state index contributed by atoms with van der Waals surface area (Å²) in [4.78, 5) is 69.8. The molecule has 3 aromatic heterocycles. The van der Waals surface area contributed by atoms with Gasteiger partial charge in [-0.2, -0.15) is 10.2 Å². The number of ketones is 1. The number of likely N-dealkylation sites (tertiary alicyclic amines) is 1. The van der Waals surface area contributed by atoms with Crippen LogP contribution < -0.4 is 10.6 Å². The zero-order chi connectivity index (χ0) is 52.9. The normalized spacial score (nSPS) is 17.4. The highest BCUT2D eigenvalue weighted by Crippen LogP contribution is 2.41. The van der Waals surface area contributed by atoms with E-state index in [4.69, 9.17) is 16.6 Å². The molecule has 0 radical (unpaired) electrons. The van der Waals surface area contributed by atoms with Gasteiger partial charge in [0.25, 0.3) is 0 Å². The standard InChI is InChI=1S/C57H57ClN10O5S2/c1-30-32(3)75-56-50(30)51(35-14-17-40(58)18-15-35)62-46(53-66-63-33(4)68(53)56)26-49(71)61-41-19-21-45-38(23-41)13-12-37-22-39(16-20-44(37)64-65-45)48(70)25-43(57(5,6)7)55(73)67-28-42(69)24-47(67)54(72)59-27-34-8-10-36(11-9-34)52-31(2)60-29-74-52/h8-11,14-23,29,42-43,46-47,69H,12-13,24-28H2,1-7H3,(H,59,72)(H,61,71)/t42-,43-,46+,47+/m1/s1. The van der Waals surface area contributed by atoms with Crippen LogP contribution in [0.25, 0.3) is 15.4 Å². The number of halogens is 1. The quantitative estimate of drug-likeness (QED) is 0.100. The molecule has 384 valence electrons. The monoisotopic (exact) mass is 1060 g/mol. The van der Waals surface area contributed by atoms with Gasteiger partial charge in [0.1, 0.15) is 22.9 Å². The summed E-state index contributed by atoms with van der Waals surface area (Å²) in [6.07, 6.45) is 0.212. The van der Waals surface area contributed by atoms with E-state index in [0.29, 0.717) is 52.1 Å². The summed E-state index contributed by atoms with van der Waals surface area (Å²) in [5.41, 5.74) is 11.8. The molecule has 1 fully saturated rings. The highest BCUT2D eigenvalue weighted by molar-refractivity contribution is 7.15. The molecule has 0 bridgehead atoms. The number of hydrogen-bond donors (Lipinski definition) is 3. The second-order valence-electron chi connectivity index (χ2n) is 20.7. The number of thiophene rings is 1. The number of carbonyl (C=O) groups excluding carboxylic acids is 4. The van der Waals surface area contributed by atoms with Crippen molar-refractivity contribution in [2.45, 2.75) is 105 Å². The number of nitrogens with one attached hydrogen (secondary N) is 2. The molecule has 0 spiro atoms. The van der Waals surface area contributed by atoms with Crippen LogP contribution in [-0.2, 0) is 33.8 Å². The second-order valence-corrected chi connectivity index (χ2v) is 23.2. The van der Waals surface area contributed by atoms with Gasteiger partial charge >= 0.3 is 0 Å². The molecule has 3 aliphatic heterocycles. The van der Waals surface area contributed by atoms with Gasteiger partial charge in [-0.25, -0.2) is 4.98 Å². The molecule has 4 aromatic carbocycles. The average Bonchev–Trinajstić information content (AvgIpc) is 4.16. The van der Waals surface area contributed by atoms with Crippen molar-refractivity contribution >= 4 is 80.6 Å². The Kier molecular flexibility index (Phi) is 14.4. The molecule has 3 aliphatic rings. The van der Waals surface area contributed by atoms with Crippen molar-refractivity contribution in [2.24, 2.45) is 26.6 Å². The van der Waals surface area contributed by atoms with Crippen molar-refractivity contribution in [3.05, 3.63) is 157 Å². The number of aromatic nitrogens is 4. The number of thiazole rings is 1. The van der Waals surface area contributed by atoms with Crippen LogP contribution in [0.1, 0.15) is 112 Å². The van der Waals surface area contributed by atoms with Crippen molar-refractivity contribution in [3.63, 3.8) is 0 Å². The number of amides is 3. The number of Topliss-reactive ketones (excluding diaryl/α,β-unsaturated/α-hetero) is 1. The average molecular weight is 1060 g/mol. The van der Waals surface area contributed by atoms with Gasteiger partial charge < -0.3 is 20.6 Å². The molecular formula is C57H57ClN10O5S2. The lowest BCUT2D eigenvalue weighted by molar-refractivity contribution is -0.144. The first-order valence-electron chi connectivity index (χ1n) is 25.0. The van der Waals surface area contributed by atoms with Crippen molar-refractivity contribution in [1.82, 2.24) is 30.0 Å². The smallest absolute Gasteiger partial charge is 0.243 e. The summed E-state index contributed by atoms with van der Waals surface area (Å²) < 4.78 is 2.02. The van der Waals surface area contributed by atoms with Gasteiger partial charge in [0, 0.05) is 58.2 Å². The predicted molar refractivity (Wildman–Crippen MR) is 293 cm³/mol. The summed E-state index contributed by atoms with van der Waals surface area (Å²) in [6, 6.07) is 24.8. The minimum atomic E-state index is -0.883. The summed E-state index contributed by atoms with van der Waals surface area (Å²) >= 11 is 9.53. The first kappa shape index (κ1) is 51.4. The van der Waals surface area contributed by atoms with Crippen LogP contribution in [-0.4, -0.2) is 77.7 Å². The third-order valence-electron chi connectivity index (χ3n) is 14.5. The summed E-state index contributed by atoms with van der Waals surface area (Å²) in [5, 5.41) is 36.6. The highest BCUT2D eigenvalue weighted by Gasteiger charge is 2.44. The number of carbonyl (C=O) groups is 4. The lowest BCUT2D eigenvalue weighted by Crippen LogP contribution is -2.50. The van der Waals surface area contributed by atoms with Gasteiger partial charge in [-0.05, 0) is 122 Å². The third kappa shape index (κ3) is 10.6. The van der Waals surface area contributed by atoms with E-state index in [2.05, 4.69) is 49.9 Å². The Morgan fingerprint density at radius 1 is 0.867 bits per heavy atom. The molecule has 3 amide bonds. The van der Waals surface area contributed by atoms with Crippen LogP contribution in [0.5, 0.6) is 0 Å². The van der Waals surface area contributed by atoms with Gasteiger partial charge in [-0.15, -0.1) is 32.9 Å². The summed E-state index contributed by atoms with van der Waals surface area (Å²) in [7, 11) is 0. The van der Waals surface area contributed by atoms with Crippen molar-refractivity contribution in [3.8, 4) is 15.4 Å². The van der Waals surface area contributed by atoms with Crippen LogP contribution in [0.3, 0.4) is 0 Å². The molecule has 15 nitrogen and oxygen atoms in total. The molecule has 0 aliphatic carbocycles. The van der Waals surface area contributed by atoms with E-state index in [-0.39, 0.29) is 55.9 Å². The first-order chi connectivity index (χ1) is 35.9. The SMILES string of the molecule is Cc1ncsc1-c1ccc(CNC(=O)[C@@H]2C[C@@H](O)CN2C(=O)[C@@H](CC(=O)c2ccc3c(c2)CCc2cc(NC(=O)C[C@@H]4N=C(c5ccc(Cl)cc5)c5c(sc(C)c5C)-n5c(C)nnc54)ccc2N=N3)C(C)(C)C)cc1. The second kappa shape index (κ2) is 20.9. The molecule has 10 rings (SSSR count). The number of hydrogen-bond acceptors (Lipinski definition) is 13. The number of aliphatic hydroxyl groups excluding tert-OH is 1. The zero-order valence-corrected chi connectivity index (χ0v) is 45.2. The number of fused-ring (bicyclic) bond motifs is 5. The number of β-amino-alcohol motifs (C(OH)–C–C–N with tert-alkyl or cyclic N) is 1. The molecular weight excluding hydrogens is 1000 g/mol. The minimum Gasteiger partial charge on any atom is -0.391 e. The molecule has 4 atom stereocenters. The Morgan fingerprint density at radius 2 is 1.56 bits per heavy atom. The van der Waals surface area contributed by atoms with E-state index in [9.17, 15) is 24.3 Å². The maximum Gasteiger partial charge on any atom is 0.243 e. The van der Waals surface area contributed by atoms with Crippen LogP contribution in [0.15, 0.2) is 106 Å². The number of aryl methyl sites for hydroxylation is 5. The Morgan fingerprint density at radius 3 is 2.25 bits per heavy atom. The summed E-state index contributed by atoms with van der Waals surface area (Å²) in [5.74, 6) is -0.663. The molecule has 1 saturated heterocycles. The fourth-order valence-corrected chi connectivity index (χ4v) is 12.3. The molecule has 18 heteroatoms. The highest BCUT2D eigenvalue weighted by atomic mass is 35.5. The predicted octanol–water partition coefficient (Wildman–Crippen LogP) is 11.3. The fourth-order valence-electron chi connectivity index (χ4n) is 10.1. The van der Waals surface area contributed by atoms with E-state index in [0.717, 1.165) is 65.1 Å². The van der Waals surface area contributed by atoms with Gasteiger partial charge in [0.15, 0.2) is 11.6 Å². The first-order valence-corrected chi connectivity index (χ1v) is 27.1. The largest absolute Gasteiger partial charge is 0.391 e. The maximum absolute atomic E-state index is 14.5. The van der Waals surface area contributed by atoms with Crippen LogP contribution in [0.4, 0.5) is 17.1 Å². The molecule has 3 N–H and O–H groups in total. The van der Waals surface area contributed by atoms with Crippen molar-refractivity contribution in [2.75, 3.05) is 11.9 Å². The molecule has 75 heavy (non-hydrogen) atoms. The van der Waals surface area contributed by atoms with Crippen LogP contribution >= 0.6 is 34.3 Å².